The first kappa shape index (κ1) is 25.1. The van der Waals surface area contributed by atoms with E-state index in [-0.39, 0.29) is 29.7 Å². The molecule has 2 heterocycles. The molecule has 1 amide bonds. The van der Waals surface area contributed by atoms with Crippen LogP contribution in [0.4, 0.5) is 10.6 Å². The summed E-state index contributed by atoms with van der Waals surface area (Å²) in [6, 6.07) is 16.5. The van der Waals surface area contributed by atoms with E-state index >= 15 is 0 Å². The number of anilines is 1. The molecule has 0 spiro atoms. The standard InChI is InChI=1S/C25H26N6O4S/c1-25(2,3)35-24(32)27-13-14-36(33)19-12-8-7-11-17(19)18-15-28-21(26)20(29-18)23-31-30-22(34-23)16-9-5-4-6-10-16/h4-12,15H,13-14H2,1-3H3,(H2,26,28)(H,27,32). The first-order valence-corrected chi connectivity index (χ1v) is 12.5. The van der Waals surface area contributed by atoms with E-state index in [1.807, 2.05) is 36.4 Å². The highest BCUT2D eigenvalue weighted by Gasteiger charge is 2.22. The quantitative estimate of drug-likeness (QED) is 0.353. The summed E-state index contributed by atoms with van der Waals surface area (Å²) in [5, 5.41) is 10.8. The average molecular weight is 507 g/mol. The zero-order chi connectivity index (χ0) is 25.7. The Bertz CT molecular complexity index is 1340. The molecule has 0 saturated heterocycles. The lowest BCUT2D eigenvalue weighted by Gasteiger charge is -2.20. The molecule has 1 atom stereocenters. The van der Waals surface area contributed by atoms with Gasteiger partial charge in [0, 0.05) is 5.56 Å². The predicted octanol–water partition coefficient (Wildman–Crippen LogP) is 4.08. The Hall–Kier alpha value is -3.96. The van der Waals surface area contributed by atoms with Crippen LogP contribution >= 0.6 is 0 Å². The van der Waals surface area contributed by atoms with Crippen molar-refractivity contribution in [3.8, 4) is 34.3 Å². The molecule has 10 nitrogen and oxygen atoms in total. The number of nitrogens with one attached hydrogen (secondary N) is 1. The molecule has 0 radical (unpaired) electrons. The van der Waals surface area contributed by atoms with E-state index in [0.717, 1.165) is 5.56 Å². The molecule has 0 aliphatic heterocycles. The van der Waals surface area contributed by atoms with Gasteiger partial charge in [0.1, 0.15) is 11.4 Å². The number of ether oxygens (including phenoxy) is 1. The lowest BCUT2D eigenvalue weighted by atomic mass is 10.1. The minimum atomic E-state index is -1.43. The van der Waals surface area contributed by atoms with Gasteiger partial charge in [0.2, 0.25) is 5.89 Å². The molecular weight excluding hydrogens is 480 g/mol. The normalized spacial score (nSPS) is 12.2. The van der Waals surface area contributed by atoms with E-state index in [1.54, 1.807) is 39.0 Å². The van der Waals surface area contributed by atoms with Gasteiger partial charge in [-0.15, -0.1) is 10.2 Å². The maximum Gasteiger partial charge on any atom is 0.407 e. The van der Waals surface area contributed by atoms with Crippen molar-refractivity contribution in [3.05, 3.63) is 60.8 Å². The number of nitrogen functional groups attached to an aromatic ring is 1. The number of carbonyl (C=O) groups is 1. The molecule has 11 heteroatoms. The van der Waals surface area contributed by atoms with Gasteiger partial charge in [-0.25, -0.2) is 14.8 Å². The van der Waals surface area contributed by atoms with Crippen molar-refractivity contribution < 1.29 is 18.5 Å². The Morgan fingerprint density at radius 2 is 1.78 bits per heavy atom. The third-order valence-corrected chi connectivity index (χ3v) is 6.23. The third kappa shape index (κ3) is 6.18. The van der Waals surface area contributed by atoms with Crippen molar-refractivity contribution in [3.63, 3.8) is 0 Å². The molecule has 0 bridgehead atoms. The molecular formula is C25H26N6O4S. The van der Waals surface area contributed by atoms with Crippen LogP contribution in [0.5, 0.6) is 0 Å². The van der Waals surface area contributed by atoms with Crippen LogP contribution in [-0.2, 0) is 15.9 Å². The van der Waals surface area contributed by atoms with E-state index in [0.29, 0.717) is 22.0 Å². The largest absolute Gasteiger partial charge is 0.611 e. The van der Waals surface area contributed by atoms with E-state index in [1.165, 1.54) is 6.20 Å². The summed E-state index contributed by atoms with van der Waals surface area (Å²) in [5.41, 5.74) is 7.52. The summed E-state index contributed by atoms with van der Waals surface area (Å²) in [7, 11) is 0. The monoisotopic (exact) mass is 506 g/mol. The maximum absolute atomic E-state index is 13.1. The molecule has 4 aromatic rings. The molecule has 186 valence electrons. The number of nitrogens with zero attached hydrogens (tertiary/aromatic N) is 4. The fourth-order valence-electron chi connectivity index (χ4n) is 3.25. The van der Waals surface area contributed by atoms with Gasteiger partial charge in [0.15, 0.2) is 16.4 Å². The number of hydrogen-bond acceptors (Lipinski definition) is 9. The summed E-state index contributed by atoms with van der Waals surface area (Å²) in [6.45, 7) is 5.51. The summed E-state index contributed by atoms with van der Waals surface area (Å²) >= 11 is -1.43. The van der Waals surface area contributed by atoms with Crippen LogP contribution in [0, 0.1) is 0 Å². The van der Waals surface area contributed by atoms with Crippen LogP contribution in [0.1, 0.15) is 20.8 Å². The van der Waals surface area contributed by atoms with Gasteiger partial charge in [-0.1, -0.05) is 30.3 Å². The number of alkyl carbamates (subject to hydrolysis) is 1. The number of rotatable bonds is 7. The lowest BCUT2D eigenvalue weighted by Crippen LogP contribution is -2.35. The molecule has 3 N–H and O–H groups in total. The predicted molar refractivity (Wildman–Crippen MR) is 136 cm³/mol. The first-order valence-electron chi connectivity index (χ1n) is 11.2. The molecule has 0 saturated carbocycles. The maximum atomic E-state index is 13.1. The average Bonchev–Trinajstić information content (AvgIpc) is 3.34. The van der Waals surface area contributed by atoms with Crippen molar-refractivity contribution >= 4 is 23.1 Å². The Labute approximate surface area is 211 Å². The van der Waals surface area contributed by atoms with Gasteiger partial charge in [-0.2, -0.15) is 0 Å². The Kier molecular flexibility index (Phi) is 7.51. The fourth-order valence-corrected chi connectivity index (χ4v) is 4.40. The molecule has 2 aromatic heterocycles. The molecule has 2 aromatic carbocycles. The highest BCUT2D eigenvalue weighted by atomic mass is 32.2. The number of amides is 1. The number of hydrogen-bond donors (Lipinski definition) is 2. The third-order valence-electron chi connectivity index (χ3n) is 4.81. The first-order chi connectivity index (χ1) is 17.2. The van der Waals surface area contributed by atoms with E-state index < -0.39 is 22.9 Å². The SMILES string of the molecule is CC(C)(C)OC(=O)NCC[S+]([O-])c1ccccc1-c1cnc(N)c(-c2nnc(-c3ccccc3)o2)n1. The van der Waals surface area contributed by atoms with Crippen molar-refractivity contribution in [1.29, 1.82) is 0 Å². The van der Waals surface area contributed by atoms with E-state index in [2.05, 4.69) is 25.5 Å². The summed E-state index contributed by atoms with van der Waals surface area (Å²) in [6.07, 6.45) is 0.943. The van der Waals surface area contributed by atoms with Crippen molar-refractivity contribution in [2.24, 2.45) is 0 Å². The highest BCUT2D eigenvalue weighted by Crippen LogP contribution is 2.31. The Morgan fingerprint density at radius 1 is 1.08 bits per heavy atom. The fraction of sp³-hybridized carbons (Fsp3) is 0.240. The van der Waals surface area contributed by atoms with Crippen molar-refractivity contribution in [1.82, 2.24) is 25.5 Å². The molecule has 0 aliphatic carbocycles. The van der Waals surface area contributed by atoms with Crippen LogP contribution in [0.2, 0.25) is 0 Å². The second kappa shape index (κ2) is 10.8. The molecule has 1 unspecified atom stereocenters. The number of aromatic nitrogens is 4. The number of nitrogens with two attached hydrogens (primary N) is 1. The summed E-state index contributed by atoms with van der Waals surface area (Å²) in [4.78, 5) is 21.3. The van der Waals surface area contributed by atoms with Crippen molar-refractivity contribution in [2.75, 3.05) is 18.0 Å². The summed E-state index contributed by atoms with van der Waals surface area (Å²) in [5.74, 6) is 0.773. The lowest BCUT2D eigenvalue weighted by molar-refractivity contribution is 0.0531. The Balaban J connectivity index is 1.54. The minimum Gasteiger partial charge on any atom is -0.611 e. The molecule has 4 rings (SSSR count). The molecule has 0 fully saturated rings. The minimum absolute atomic E-state index is 0.126. The topological polar surface area (TPSA) is 152 Å². The second-order valence-electron chi connectivity index (χ2n) is 8.74. The van der Waals surface area contributed by atoms with Crippen molar-refractivity contribution in [2.45, 2.75) is 31.3 Å². The van der Waals surface area contributed by atoms with Gasteiger partial charge in [-0.3, -0.25) is 0 Å². The smallest absolute Gasteiger partial charge is 0.407 e. The molecule has 0 aliphatic rings. The summed E-state index contributed by atoms with van der Waals surface area (Å²) < 4.78 is 24.1. The van der Waals surface area contributed by atoms with Gasteiger partial charge < -0.3 is 24.8 Å². The highest BCUT2D eigenvalue weighted by molar-refractivity contribution is 7.91. The number of carbonyl (C=O) groups excluding carboxylic acids is 1. The van der Waals surface area contributed by atoms with Crippen LogP contribution in [0.3, 0.4) is 0 Å². The van der Waals surface area contributed by atoms with Crippen LogP contribution in [0.25, 0.3) is 34.3 Å². The zero-order valence-corrected chi connectivity index (χ0v) is 20.9. The Morgan fingerprint density at radius 3 is 2.53 bits per heavy atom. The zero-order valence-electron chi connectivity index (χ0n) is 20.1. The van der Waals surface area contributed by atoms with E-state index in [4.69, 9.17) is 14.9 Å². The van der Waals surface area contributed by atoms with Crippen LogP contribution in [0.15, 0.2) is 70.1 Å². The number of benzene rings is 2. The van der Waals surface area contributed by atoms with Crippen LogP contribution in [-0.4, -0.2) is 48.7 Å². The van der Waals surface area contributed by atoms with Gasteiger partial charge in [-0.05, 0) is 56.2 Å². The van der Waals surface area contributed by atoms with Gasteiger partial charge in [0.05, 0.1) is 24.0 Å². The molecule has 36 heavy (non-hydrogen) atoms. The second-order valence-corrected chi connectivity index (χ2v) is 10.3. The van der Waals surface area contributed by atoms with Gasteiger partial charge in [0.25, 0.3) is 5.89 Å². The van der Waals surface area contributed by atoms with Gasteiger partial charge >= 0.3 is 6.09 Å². The van der Waals surface area contributed by atoms with Crippen LogP contribution < -0.4 is 11.1 Å². The van der Waals surface area contributed by atoms with E-state index in [9.17, 15) is 9.35 Å².